The molecule has 1 aromatic carbocycles. The first-order valence-electron chi connectivity index (χ1n) is 12.3. The summed E-state index contributed by atoms with van der Waals surface area (Å²) in [5.41, 5.74) is 4.35. The van der Waals surface area contributed by atoms with Crippen LogP contribution >= 0.6 is 11.3 Å². The molecule has 8 nitrogen and oxygen atoms in total. The zero-order valence-electron chi connectivity index (χ0n) is 20.8. The van der Waals surface area contributed by atoms with Crippen LogP contribution in [0.15, 0.2) is 34.6 Å². The van der Waals surface area contributed by atoms with Gasteiger partial charge in [0.05, 0.1) is 0 Å². The van der Waals surface area contributed by atoms with E-state index in [1.54, 1.807) is 22.2 Å². The van der Waals surface area contributed by atoms with Gasteiger partial charge in [0.1, 0.15) is 10.4 Å². The van der Waals surface area contributed by atoms with Crippen LogP contribution in [0.1, 0.15) is 69.6 Å². The molecular formula is C26H31N7OS. The standard InChI is InChI=1S/C26H31N7OS/c1-15(2)32-22(34)18-13-27-24(31-21(18)33(32)20-14-35-23(30-20)25(3,4)5)29-17-6-7-19-16(12-17)8-11-28-26(19)9-10-26/h6-7,12-15,28H,8-11H2,1-5H3,(H,27,29,31). The van der Waals surface area contributed by atoms with Gasteiger partial charge in [-0.25, -0.2) is 19.3 Å². The van der Waals surface area contributed by atoms with Crippen molar-refractivity contribution in [1.82, 2.24) is 29.6 Å². The minimum Gasteiger partial charge on any atom is -0.324 e. The lowest BCUT2D eigenvalue weighted by Crippen LogP contribution is -2.36. The fourth-order valence-electron chi connectivity index (χ4n) is 5.03. The van der Waals surface area contributed by atoms with Crippen molar-refractivity contribution in [3.63, 3.8) is 0 Å². The maximum absolute atomic E-state index is 13.3. The van der Waals surface area contributed by atoms with Gasteiger partial charge in [-0.3, -0.25) is 4.79 Å². The van der Waals surface area contributed by atoms with E-state index in [0.29, 0.717) is 22.8 Å². The van der Waals surface area contributed by atoms with Crippen LogP contribution in [0.3, 0.4) is 0 Å². The van der Waals surface area contributed by atoms with Crippen molar-refractivity contribution in [1.29, 1.82) is 0 Å². The van der Waals surface area contributed by atoms with Gasteiger partial charge < -0.3 is 10.6 Å². The molecule has 3 aromatic heterocycles. The van der Waals surface area contributed by atoms with Crippen LogP contribution in [-0.2, 0) is 17.4 Å². The topological polar surface area (TPSA) is 89.7 Å². The SMILES string of the molecule is CC(C)n1c(=O)c2cnc(Nc3ccc4c(c3)CCNC43CC3)nc2n1-c1csc(C(C)(C)C)n1. The van der Waals surface area contributed by atoms with Gasteiger partial charge in [-0.15, -0.1) is 11.3 Å². The van der Waals surface area contributed by atoms with E-state index in [1.165, 1.54) is 24.0 Å². The molecule has 4 heterocycles. The highest BCUT2D eigenvalue weighted by Gasteiger charge is 2.46. The maximum Gasteiger partial charge on any atom is 0.278 e. The predicted octanol–water partition coefficient (Wildman–Crippen LogP) is 4.80. The number of anilines is 2. The summed E-state index contributed by atoms with van der Waals surface area (Å²) in [6.45, 7) is 11.4. The molecule has 0 atom stereocenters. The van der Waals surface area contributed by atoms with E-state index in [1.807, 2.05) is 23.9 Å². The Kier molecular flexibility index (Phi) is 4.95. The zero-order valence-corrected chi connectivity index (χ0v) is 21.7. The second-order valence-electron chi connectivity index (χ2n) is 11.0. The number of aromatic nitrogens is 5. The number of nitrogens with zero attached hydrogens (tertiary/aromatic N) is 5. The second kappa shape index (κ2) is 7.73. The zero-order chi connectivity index (χ0) is 24.5. The Morgan fingerprint density at radius 1 is 1.20 bits per heavy atom. The van der Waals surface area contributed by atoms with Crippen molar-refractivity contribution >= 4 is 34.0 Å². The van der Waals surface area contributed by atoms with Crippen molar-refractivity contribution in [3.05, 3.63) is 56.3 Å². The van der Waals surface area contributed by atoms with Crippen LogP contribution in [0.5, 0.6) is 0 Å². The van der Waals surface area contributed by atoms with Crippen LogP contribution in [0.4, 0.5) is 11.6 Å². The molecule has 9 heteroatoms. The van der Waals surface area contributed by atoms with Gasteiger partial charge in [0.15, 0.2) is 11.5 Å². The number of benzene rings is 1. The largest absolute Gasteiger partial charge is 0.324 e. The average Bonchev–Trinajstić information content (AvgIpc) is 3.26. The molecule has 4 aromatic rings. The summed E-state index contributed by atoms with van der Waals surface area (Å²) >= 11 is 1.60. The van der Waals surface area contributed by atoms with E-state index >= 15 is 0 Å². The Labute approximate surface area is 208 Å². The van der Waals surface area contributed by atoms with Crippen molar-refractivity contribution in [2.24, 2.45) is 0 Å². The molecule has 1 aliphatic heterocycles. The van der Waals surface area contributed by atoms with Gasteiger partial charge in [-0.2, -0.15) is 4.98 Å². The van der Waals surface area contributed by atoms with Crippen LogP contribution in [0, 0.1) is 0 Å². The molecule has 0 amide bonds. The third-order valence-corrected chi connectivity index (χ3v) is 8.20. The third kappa shape index (κ3) is 3.68. The molecule has 182 valence electrons. The smallest absolute Gasteiger partial charge is 0.278 e. The highest BCUT2D eigenvalue weighted by molar-refractivity contribution is 7.10. The fourth-order valence-corrected chi connectivity index (χ4v) is 5.90. The molecule has 0 radical (unpaired) electrons. The Bertz CT molecular complexity index is 1500. The van der Waals surface area contributed by atoms with Crippen LogP contribution < -0.4 is 16.2 Å². The highest BCUT2D eigenvalue weighted by Crippen LogP contribution is 2.48. The van der Waals surface area contributed by atoms with E-state index in [9.17, 15) is 4.79 Å². The second-order valence-corrected chi connectivity index (χ2v) is 11.9. The van der Waals surface area contributed by atoms with Crippen molar-refractivity contribution in [2.75, 3.05) is 11.9 Å². The summed E-state index contributed by atoms with van der Waals surface area (Å²) < 4.78 is 3.56. The Hall–Kier alpha value is -3.04. The van der Waals surface area contributed by atoms with E-state index in [-0.39, 0.29) is 22.6 Å². The van der Waals surface area contributed by atoms with E-state index in [2.05, 4.69) is 54.6 Å². The molecule has 2 aliphatic rings. The molecule has 0 saturated heterocycles. The number of nitrogens with one attached hydrogen (secondary N) is 2. The molecule has 1 aliphatic carbocycles. The van der Waals surface area contributed by atoms with Crippen LogP contribution in [0.25, 0.3) is 16.9 Å². The summed E-state index contributed by atoms with van der Waals surface area (Å²) in [6.07, 6.45) is 5.07. The monoisotopic (exact) mass is 489 g/mol. The van der Waals surface area contributed by atoms with Crippen molar-refractivity contribution in [2.45, 2.75) is 70.9 Å². The van der Waals surface area contributed by atoms with Crippen LogP contribution in [-0.4, -0.2) is 30.9 Å². The normalized spacial score (nSPS) is 16.7. The van der Waals surface area contributed by atoms with Crippen molar-refractivity contribution < 1.29 is 0 Å². The summed E-state index contributed by atoms with van der Waals surface area (Å²) in [6, 6.07) is 6.48. The summed E-state index contributed by atoms with van der Waals surface area (Å²) in [7, 11) is 0. The third-order valence-electron chi connectivity index (χ3n) is 6.95. The van der Waals surface area contributed by atoms with Gasteiger partial charge in [0.2, 0.25) is 5.95 Å². The van der Waals surface area contributed by atoms with Gasteiger partial charge in [0.25, 0.3) is 5.56 Å². The molecule has 1 fully saturated rings. The maximum atomic E-state index is 13.3. The van der Waals surface area contributed by atoms with Gasteiger partial charge >= 0.3 is 0 Å². The minimum absolute atomic E-state index is 0.0584. The van der Waals surface area contributed by atoms with Gasteiger partial charge in [0, 0.05) is 40.8 Å². The lowest BCUT2D eigenvalue weighted by Gasteiger charge is -2.27. The Morgan fingerprint density at radius 2 is 2.00 bits per heavy atom. The van der Waals surface area contributed by atoms with Gasteiger partial charge in [-0.05, 0) is 56.4 Å². The molecule has 1 saturated carbocycles. The molecule has 2 N–H and O–H groups in total. The van der Waals surface area contributed by atoms with E-state index in [0.717, 1.165) is 23.7 Å². The van der Waals surface area contributed by atoms with Crippen LogP contribution in [0.2, 0.25) is 0 Å². The lowest BCUT2D eigenvalue weighted by molar-refractivity contribution is 0.471. The molecule has 35 heavy (non-hydrogen) atoms. The fraction of sp³-hybridized carbons (Fsp3) is 0.462. The molecule has 1 spiro atoms. The number of thiazole rings is 1. The number of rotatable bonds is 4. The summed E-state index contributed by atoms with van der Waals surface area (Å²) in [5, 5.41) is 10.6. The Morgan fingerprint density at radius 3 is 2.69 bits per heavy atom. The molecule has 0 bridgehead atoms. The minimum atomic E-state index is -0.108. The lowest BCUT2D eigenvalue weighted by atomic mass is 9.92. The van der Waals surface area contributed by atoms with Gasteiger partial charge in [-0.1, -0.05) is 26.8 Å². The highest BCUT2D eigenvalue weighted by atomic mass is 32.1. The average molecular weight is 490 g/mol. The summed E-state index contributed by atoms with van der Waals surface area (Å²) in [5.74, 6) is 1.18. The van der Waals surface area contributed by atoms with E-state index < -0.39 is 0 Å². The number of hydrogen-bond donors (Lipinski definition) is 2. The number of fused-ring (bicyclic) bond motifs is 3. The molecule has 6 rings (SSSR count). The first-order chi connectivity index (χ1) is 16.7. The first kappa shape index (κ1) is 22.4. The number of hydrogen-bond acceptors (Lipinski definition) is 7. The molecule has 0 unspecified atom stereocenters. The quantitative estimate of drug-likeness (QED) is 0.428. The molecular weight excluding hydrogens is 458 g/mol. The van der Waals surface area contributed by atoms with Crippen molar-refractivity contribution in [3.8, 4) is 5.82 Å². The first-order valence-corrected chi connectivity index (χ1v) is 13.2. The van der Waals surface area contributed by atoms with E-state index in [4.69, 9.17) is 9.97 Å². The predicted molar refractivity (Wildman–Crippen MR) is 140 cm³/mol. The Balaban J connectivity index is 1.42. The summed E-state index contributed by atoms with van der Waals surface area (Å²) in [4.78, 5) is 27.4.